The number of unbranched alkanes of at least 4 members (excludes halogenated alkanes) is 1. The Morgan fingerprint density at radius 2 is 1.93 bits per heavy atom. The van der Waals surface area contributed by atoms with Crippen LogP contribution in [0.25, 0.3) is 11.1 Å². The third kappa shape index (κ3) is 5.57. The molecule has 1 fully saturated rings. The zero-order chi connectivity index (χ0) is 30.1. The highest BCUT2D eigenvalue weighted by molar-refractivity contribution is 7.90. The van der Waals surface area contributed by atoms with Gasteiger partial charge >= 0.3 is 0 Å². The van der Waals surface area contributed by atoms with Gasteiger partial charge in [-0.25, -0.2) is 0 Å². The molecule has 5 rings (SSSR count). The second kappa shape index (κ2) is 12.4. The van der Waals surface area contributed by atoms with Crippen molar-refractivity contribution in [3.8, 4) is 11.1 Å². The fourth-order valence-electron chi connectivity index (χ4n) is 5.90. The molecule has 2 unspecified atom stereocenters. The molecule has 0 aromatic heterocycles. The molecule has 2 heterocycles. The van der Waals surface area contributed by atoms with Gasteiger partial charge in [0.15, 0.2) is 18.6 Å². The minimum atomic E-state index is -2.10. The maximum absolute atomic E-state index is 13.8. The Hall–Kier alpha value is -2.92. The van der Waals surface area contributed by atoms with Crippen molar-refractivity contribution in [2.75, 3.05) is 6.61 Å². The molecule has 1 aliphatic carbocycles. The van der Waals surface area contributed by atoms with E-state index in [4.69, 9.17) is 17.6 Å². The molecule has 220 valence electrons. The highest BCUT2D eigenvalue weighted by Gasteiger charge is 2.54. The Kier molecular flexibility index (Phi) is 8.99. The van der Waals surface area contributed by atoms with E-state index in [1.807, 2.05) is 45.0 Å². The largest absolute Gasteiger partial charge is 0.586 e. The molecule has 1 spiro atoms. The molecule has 1 saturated carbocycles. The number of amidine groups is 2. The van der Waals surface area contributed by atoms with Crippen molar-refractivity contribution in [1.29, 1.82) is 0 Å². The van der Waals surface area contributed by atoms with E-state index in [9.17, 15) is 14.5 Å². The van der Waals surface area contributed by atoms with Crippen LogP contribution in [0, 0.1) is 0 Å². The van der Waals surface area contributed by atoms with Crippen LogP contribution in [0.4, 0.5) is 0 Å². The number of hydrogen-bond donors (Lipinski definition) is 2. The average molecular weight is 587 g/mol. The number of carbonyl (C=O) groups is 1. The molecule has 10 heteroatoms. The standard InChI is InChI=1S/C32H39BN4O4S/c1-5-7-14-28-35-31(17-10-11-18-31)30(38)37(28)32(33,39)24-15-16-25(23(19-24)20-41-6-2)26-12-8-9-13-27(26)42(40)36-29-21(3)22(4)34-29/h8-9,12-13,15-16,19,39H,5-7,10-11,14,17-18,20H2,1-4H3,(H,34,36). The first-order chi connectivity index (χ1) is 20.1. The molecule has 2 aliphatic heterocycles. The molecule has 2 radical (unpaired) electrons. The molecule has 2 aromatic carbocycles. The topological polar surface area (TPSA) is 110 Å². The summed E-state index contributed by atoms with van der Waals surface area (Å²) in [6.07, 6.45) is 5.54. The Labute approximate surface area is 253 Å². The van der Waals surface area contributed by atoms with Crippen molar-refractivity contribution in [3.63, 3.8) is 0 Å². The van der Waals surface area contributed by atoms with E-state index in [1.165, 1.54) is 4.90 Å². The van der Waals surface area contributed by atoms with Crippen LogP contribution in [-0.4, -0.2) is 52.1 Å². The SMILES string of the molecule is [B]C(O)(c1ccc(-c2ccccc2[S+]([O-])N=C2NC(C)=C2C)c(COCC)c1)N1C(=O)C2(CCCC2)N=C1CCCC. The maximum atomic E-state index is 13.8. The lowest BCUT2D eigenvalue weighted by molar-refractivity contribution is -0.141. The zero-order valence-corrected chi connectivity index (χ0v) is 25.7. The molecule has 2 N–H and O–H groups in total. The van der Waals surface area contributed by atoms with Crippen molar-refractivity contribution < 1.29 is 19.2 Å². The maximum Gasteiger partial charge on any atom is 0.257 e. The van der Waals surface area contributed by atoms with Gasteiger partial charge in [-0.05, 0) is 79.3 Å². The van der Waals surface area contributed by atoms with Gasteiger partial charge in [-0.3, -0.25) is 14.7 Å². The Morgan fingerprint density at radius 1 is 1.19 bits per heavy atom. The summed E-state index contributed by atoms with van der Waals surface area (Å²) in [4.78, 5) is 20.6. The van der Waals surface area contributed by atoms with E-state index in [2.05, 4.69) is 16.6 Å². The normalized spacial score (nSPS) is 21.0. The van der Waals surface area contributed by atoms with Crippen LogP contribution in [0.3, 0.4) is 0 Å². The predicted octanol–water partition coefficient (Wildman–Crippen LogP) is 5.22. The van der Waals surface area contributed by atoms with Crippen LogP contribution < -0.4 is 5.32 Å². The van der Waals surface area contributed by atoms with Gasteiger partial charge in [-0.2, -0.15) is 0 Å². The smallest absolute Gasteiger partial charge is 0.257 e. The summed E-state index contributed by atoms with van der Waals surface area (Å²) in [7, 11) is 6.67. The van der Waals surface area contributed by atoms with Crippen LogP contribution >= 0.6 is 0 Å². The highest BCUT2D eigenvalue weighted by Crippen LogP contribution is 2.43. The summed E-state index contributed by atoms with van der Waals surface area (Å²) in [5, 5.41) is 15.0. The highest BCUT2D eigenvalue weighted by atomic mass is 32.2. The van der Waals surface area contributed by atoms with Crippen LogP contribution in [0.5, 0.6) is 0 Å². The molecular formula is C32H39BN4O4S. The quantitative estimate of drug-likeness (QED) is 0.277. The Bertz CT molecular complexity index is 1450. The summed E-state index contributed by atoms with van der Waals surface area (Å²) in [6, 6.07) is 12.8. The second-order valence-electron chi connectivity index (χ2n) is 11.3. The third-order valence-corrected chi connectivity index (χ3v) is 9.56. The zero-order valence-electron chi connectivity index (χ0n) is 24.9. The molecule has 42 heavy (non-hydrogen) atoms. The summed E-state index contributed by atoms with van der Waals surface area (Å²) < 4.78 is 23.6. The molecular weight excluding hydrogens is 547 g/mol. The van der Waals surface area contributed by atoms with E-state index in [0.717, 1.165) is 53.6 Å². The number of carbonyl (C=O) groups excluding carboxylic acids is 1. The van der Waals surface area contributed by atoms with E-state index in [0.29, 0.717) is 48.0 Å². The van der Waals surface area contributed by atoms with E-state index in [1.54, 1.807) is 18.2 Å². The molecule has 0 saturated heterocycles. The fraction of sp³-hybridized carbons (Fsp3) is 0.469. The van der Waals surface area contributed by atoms with Gasteiger partial charge < -0.3 is 19.7 Å². The average Bonchev–Trinajstić information content (AvgIpc) is 3.58. The first-order valence-corrected chi connectivity index (χ1v) is 15.9. The summed E-state index contributed by atoms with van der Waals surface area (Å²) in [5.74, 6) is 0.943. The van der Waals surface area contributed by atoms with Gasteiger partial charge in [0.2, 0.25) is 0 Å². The number of hydrogen-bond acceptors (Lipinski definition) is 6. The monoisotopic (exact) mass is 586 g/mol. The number of allylic oxidation sites excluding steroid dienone is 1. The van der Waals surface area contributed by atoms with E-state index in [-0.39, 0.29) is 12.5 Å². The number of amides is 1. The van der Waals surface area contributed by atoms with E-state index >= 15 is 0 Å². The number of nitrogens with zero attached hydrogens (tertiary/aromatic N) is 3. The number of ether oxygens (including phenoxy) is 1. The van der Waals surface area contributed by atoms with Crippen molar-refractivity contribution >= 4 is 36.8 Å². The predicted molar refractivity (Wildman–Crippen MR) is 167 cm³/mol. The number of aliphatic hydroxyl groups is 1. The lowest BCUT2D eigenvalue weighted by Crippen LogP contribution is -2.54. The summed E-state index contributed by atoms with van der Waals surface area (Å²) in [5.41, 5.74) is 1.73. The molecule has 2 aromatic rings. The first kappa shape index (κ1) is 30.5. The van der Waals surface area contributed by atoms with Gasteiger partial charge in [0.1, 0.15) is 28.4 Å². The van der Waals surface area contributed by atoms with Crippen LogP contribution in [0.15, 0.2) is 68.0 Å². The molecule has 3 aliphatic rings. The first-order valence-electron chi connectivity index (χ1n) is 14.8. The van der Waals surface area contributed by atoms with Gasteiger partial charge in [-0.1, -0.05) is 50.5 Å². The van der Waals surface area contributed by atoms with Gasteiger partial charge in [0.05, 0.1) is 6.61 Å². The molecule has 2 atom stereocenters. The lowest BCUT2D eigenvalue weighted by atomic mass is 9.79. The molecule has 0 bridgehead atoms. The van der Waals surface area contributed by atoms with Crippen molar-refractivity contribution in [2.45, 2.75) is 95.3 Å². The van der Waals surface area contributed by atoms with Crippen LogP contribution in [0.2, 0.25) is 0 Å². The Morgan fingerprint density at radius 3 is 2.60 bits per heavy atom. The number of benzene rings is 2. The van der Waals surface area contributed by atoms with Gasteiger partial charge in [0, 0.05) is 29.9 Å². The third-order valence-electron chi connectivity index (χ3n) is 8.48. The number of rotatable bonds is 11. The van der Waals surface area contributed by atoms with E-state index < -0.39 is 22.5 Å². The van der Waals surface area contributed by atoms with Gasteiger partial charge in [-0.15, -0.1) is 0 Å². The second-order valence-corrected chi connectivity index (χ2v) is 12.4. The minimum absolute atomic E-state index is 0.226. The molecule has 8 nitrogen and oxygen atoms in total. The number of nitrogens with one attached hydrogen (secondary N) is 1. The molecule has 1 amide bonds. The fourth-order valence-corrected chi connectivity index (χ4v) is 6.91. The van der Waals surface area contributed by atoms with Gasteiger partial charge in [0.25, 0.3) is 5.91 Å². The summed E-state index contributed by atoms with van der Waals surface area (Å²) >= 11 is -1.66. The number of aliphatic imine (C=N–C) groups is 1. The minimum Gasteiger partial charge on any atom is -0.586 e. The van der Waals surface area contributed by atoms with Crippen LogP contribution in [-0.2, 0) is 33.1 Å². The summed E-state index contributed by atoms with van der Waals surface area (Å²) in [6.45, 7) is 8.61. The van der Waals surface area contributed by atoms with Crippen LogP contribution in [0.1, 0.15) is 83.8 Å². The van der Waals surface area contributed by atoms with Crippen molar-refractivity contribution in [3.05, 3.63) is 64.9 Å². The van der Waals surface area contributed by atoms with Crippen molar-refractivity contribution in [1.82, 2.24) is 10.2 Å². The Balaban J connectivity index is 1.53. The van der Waals surface area contributed by atoms with Crippen molar-refractivity contribution in [2.24, 2.45) is 9.39 Å². The lowest BCUT2D eigenvalue weighted by Gasteiger charge is -2.37.